The number of hydrogen-bond donors (Lipinski definition) is 1. The maximum Gasteiger partial charge on any atom is 0.0504 e. The van der Waals surface area contributed by atoms with Gasteiger partial charge in [-0.15, -0.1) is 0 Å². The van der Waals surface area contributed by atoms with E-state index in [9.17, 15) is 9.90 Å². The van der Waals surface area contributed by atoms with Crippen molar-refractivity contribution in [1.82, 2.24) is 0 Å². The molecule has 0 amide bonds. The molecule has 0 aliphatic heterocycles. The molecule has 0 radical (unpaired) electrons. The van der Waals surface area contributed by atoms with Gasteiger partial charge < -0.3 is 15.6 Å². The Balaban J connectivity index is 2.46. The Morgan fingerprint density at radius 2 is 2.14 bits per heavy atom. The first-order valence-corrected chi connectivity index (χ1v) is 4.74. The molecule has 1 aromatic rings. The van der Waals surface area contributed by atoms with Crippen LogP contribution in [0.5, 0.6) is 0 Å². The predicted octanol–water partition coefficient (Wildman–Crippen LogP) is -0.206. The summed E-state index contributed by atoms with van der Waals surface area (Å²) in [7, 11) is 0. The average molecular weight is 190 g/mol. The van der Waals surface area contributed by atoms with Crippen LogP contribution in [0.15, 0.2) is 24.3 Å². The summed E-state index contributed by atoms with van der Waals surface area (Å²) < 4.78 is 0. The summed E-state index contributed by atoms with van der Waals surface area (Å²) in [6.07, 6.45) is 1.58. The van der Waals surface area contributed by atoms with E-state index in [1.807, 2.05) is 24.3 Å². The van der Waals surface area contributed by atoms with E-state index in [1.165, 1.54) is 0 Å². The minimum absolute atomic E-state index is 0.310. The fourth-order valence-corrected chi connectivity index (χ4v) is 2.09. The Labute approximate surface area is 82.5 Å². The number of aryl methyl sites for hydroxylation is 1. The van der Waals surface area contributed by atoms with Crippen molar-refractivity contribution in [3.63, 3.8) is 0 Å². The Kier molecular flexibility index (Phi) is 2.25. The van der Waals surface area contributed by atoms with Gasteiger partial charge in [0.2, 0.25) is 0 Å². The Bertz CT molecular complexity index is 362. The molecule has 1 aliphatic carbocycles. The van der Waals surface area contributed by atoms with Crippen molar-refractivity contribution in [3.05, 3.63) is 35.4 Å². The highest BCUT2D eigenvalue weighted by Crippen LogP contribution is 2.30. The van der Waals surface area contributed by atoms with Gasteiger partial charge in [-0.05, 0) is 24.0 Å². The minimum Gasteiger partial charge on any atom is -0.549 e. The lowest BCUT2D eigenvalue weighted by Crippen LogP contribution is -2.43. The third kappa shape index (κ3) is 1.40. The fourth-order valence-electron chi connectivity index (χ4n) is 2.09. The maximum absolute atomic E-state index is 10.9. The number of carboxylic acids is 1. The van der Waals surface area contributed by atoms with E-state index < -0.39 is 11.9 Å². The van der Waals surface area contributed by atoms with E-state index in [0.717, 1.165) is 24.0 Å². The van der Waals surface area contributed by atoms with Crippen molar-refractivity contribution >= 4 is 5.97 Å². The van der Waals surface area contributed by atoms with E-state index >= 15 is 0 Å². The van der Waals surface area contributed by atoms with Crippen LogP contribution in [0.4, 0.5) is 0 Å². The number of nitrogens with two attached hydrogens (primary N) is 1. The summed E-state index contributed by atoms with van der Waals surface area (Å²) in [5.74, 6) is -1.70. The number of fused-ring (bicyclic) bond motifs is 1. The molecule has 0 bridgehead atoms. The third-order valence-corrected chi connectivity index (χ3v) is 2.82. The molecular weight excluding hydrogens is 178 g/mol. The van der Waals surface area contributed by atoms with Gasteiger partial charge in [0.1, 0.15) is 0 Å². The highest BCUT2D eigenvalue weighted by Gasteiger charge is 2.27. The number of hydrogen-bond acceptors (Lipinski definition) is 3. The van der Waals surface area contributed by atoms with Gasteiger partial charge in [0, 0.05) is 12.0 Å². The van der Waals surface area contributed by atoms with Crippen LogP contribution >= 0.6 is 0 Å². The van der Waals surface area contributed by atoms with Gasteiger partial charge in [-0.2, -0.15) is 0 Å². The van der Waals surface area contributed by atoms with Gasteiger partial charge in [-0.1, -0.05) is 24.3 Å². The monoisotopic (exact) mass is 190 g/mol. The molecule has 14 heavy (non-hydrogen) atoms. The van der Waals surface area contributed by atoms with Gasteiger partial charge in [-0.25, -0.2) is 0 Å². The molecule has 0 fully saturated rings. The van der Waals surface area contributed by atoms with Crippen molar-refractivity contribution in [2.45, 2.75) is 24.8 Å². The molecule has 0 saturated carbocycles. The SMILES string of the molecule is NC1CCc2ccccc2C1C(=O)[O-]. The zero-order chi connectivity index (χ0) is 10.1. The van der Waals surface area contributed by atoms with Gasteiger partial charge >= 0.3 is 0 Å². The van der Waals surface area contributed by atoms with Crippen molar-refractivity contribution in [2.75, 3.05) is 0 Å². The van der Waals surface area contributed by atoms with Crippen molar-refractivity contribution < 1.29 is 9.90 Å². The zero-order valence-corrected chi connectivity index (χ0v) is 7.77. The second kappa shape index (κ2) is 3.42. The lowest BCUT2D eigenvalue weighted by atomic mass is 9.80. The molecule has 3 heteroatoms. The first kappa shape index (κ1) is 9.21. The molecule has 2 atom stereocenters. The van der Waals surface area contributed by atoms with Crippen LogP contribution in [0.2, 0.25) is 0 Å². The van der Waals surface area contributed by atoms with E-state index in [-0.39, 0.29) is 6.04 Å². The molecule has 0 heterocycles. The van der Waals surface area contributed by atoms with Crippen LogP contribution in [0.3, 0.4) is 0 Å². The lowest BCUT2D eigenvalue weighted by molar-refractivity contribution is -0.308. The summed E-state index contributed by atoms with van der Waals surface area (Å²) in [6.45, 7) is 0. The molecule has 3 nitrogen and oxygen atoms in total. The molecule has 0 saturated heterocycles. The summed E-state index contributed by atoms with van der Waals surface area (Å²) in [5, 5.41) is 10.9. The average Bonchev–Trinajstić information content (AvgIpc) is 2.17. The van der Waals surface area contributed by atoms with Gasteiger partial charge in [0.05, 0.1) is 5.97 Å². The van der Waals surface area contributed by atoms with Crippen LogP contribution in [0.1, 0.15) is 23.5 Å². The number of carboxylic acid groups (broad SMARTS) is 1. The summed E-state index contributed by atoms with van der Waals surface area (Å²) in [6, 6.07) is 7.23. The van der Waals surface area contributed by atoms with Crippen LogP contribution in [0.25, 0.3) is 0 Å². The summed E-state index contributed by atoms with van der Waals surface area (Å²) in [5.41, 5.74) is 7.69. The van der Waals surface area contributed by atoms with Crippen LogP contribution in [-0.4, -0.2) is 12.0 Å². The van der Waals surface area contributed by atoms with Crippen LogP contribution in [0, 0.1) is 0 Å². The predicted molar refractivity (Wildman–Crippen MR) is 50.5 cm³/mol. The first-order valence-electron chi connectivity index (χ1n) is 4.74. The van der Waals surface area contributed by atoms with E-state index in [0.29, 0.717) is 0 Å². The van der Waals surface area contributed by atoms with Crippen molar-refractivity contribution in [2.24, 2.45) is 5.73 Å². The number of carbonyl (C=O) groups is 1. The second-order valence-corrected chi connectivity index (χ2v) is 3.70. The highest BCUT2D eigenvalue weighted by molar-refractivity contribution is 5.76. The molecule has 0 aromatic heterocycles. The smallest absolute Gasteiger partial charge is 0.0504 e. The van der Waals surface area contributed by atoms with Gasteiger partial charge in [0.25, 0.3) is 0 Å². The Morgan fingerprint density at radius 3 is 2.86 bits per heavy atom. The molecule has 1 aromatic carbocycles. The standard InChI is InChI=1S/C11H13NO2/c12-9-6-5-7-3-1-2-4-8(7)10(9)11(13)14/h1-4,9-10H,5-6,12H2,(H,13,14)/p-1. The van der Waals surface area contributed by atoms with Crippen LogP contribution < -0.4 is 10.8 Å². The quantitative estimate of drug-likeness (QED) is 0.666. The molecule has 2 N–H and O–H groups in total. The Hall–Kier alpha value is -1.35. The fraction of sp³-hybridized carbons (Fsp3) is 0.364. The topological polar surface area (TPSA) is 66.2 Å². The normalized spacial score (nSPS) is 25.5. The largest absolute Gasteiger partial charge is 0.549 e. The Morgan fingerprint density at radius 1 is 1.43 bits per heavy atom. The minimum atomic E-state index is -1.07. The first-order chi connectivity index (χ1) is 6.70. The molecular formula is C11H12NO2-. The molecule has 2 rings (SSSR count). The van der Waals surface area contributed by atoms with Gasteiger partial charge in [0.15, 0.2) is 0 Å². The molecule has 1 aliphatic rings. The van der Waals surface area contributed by atoms with Crippen molar-refractivity contribution in [3.8, 4) is 0 Å². The summed E-state index contributed by atoms with van der Waals surface area (Å²) in [4.78, 5) is 10.9. The molecule has 0 spiro atoms. The third-order valence-electron chi connectivity index (χ3n) is 2.82. The van der Waals surface area contributed by atoms with Crippen LogP contribution in [-0.2, 0) is 11.2 Å². The number of benzene rings is 1. The van der Waals surface area contributed by atoms with Crippen molar-refractivity contribution in [1.29, 1.82) is 0 Å². The highest BCUT2D eigenvalue weighted by atomic mass is 16.4. The number of aliphatic carboxylic acids is 1. The van der Waals surface area contributed by atoms with Gasteiger partial charge in [-0.3, -0.25) is 0 Å². The maximum atomic E-state index is 10.9. The van der Waals surface area contributed by atoms with E-state index in [2.05, 4.69) is 0 Å². The van der Waals surface area contributed by atoms with E-state index in [4.69, 9.17) is 5.73 Å². The second-order valence-electron chi connectivity index (χ2n) is 3.70. The number of carbonyl (C=O) groups excluding carboxylic acids is 1. The number of rotatable bonds is 1. The molecule has 2 unspecified atom stereocenters. The van der Waals surface area contributed by atoms with E-state index in [1.54, 1.807) is 0 Å². The summed E-state index contributed by atoms with van der Waals surface area (Å²) >= 11 is 0. The zero-order valence-electron chi connectivity index (χ0n) is 7.77. The molecule has 74 valence electrons. The lowest BCUT2D eigenvalue weighted by Gasteiger charge is -2.31.